The predicted octanol–water partition coefficient (Wildman–Crippen LogP) is 1.70. The zero-order valence-corrected chi connectivity index (χ0v) is 7.19. The van der Waals surface area contributed by atoms with Gasteiger partial charge in [-0.15, -0.1) is 0 Å². The van der Waals surface area contributed by atoms with E-state index in [1.165, 1.54) is 0 Å². The molecule has 0 aromatic carbocycles. The van der Waals surface area contributed by atoms with Gasteiger partial charge in [0.25, 0.3) is 5.17 Å². The minimum absolute atomic E-state index is 0.0532. The van der Waals surface area contributed by atoms with E-state index < -0.39 is 0 Å². The van der Waals surface area contributed by atoms with Gasteiger partial charge >= 0.3 is 0 Å². The third kappa shape index (κ3) is 1.24. The summed E-state index contributed by atoms with van der Waals surface area (Å²) in [5.74, 6) is 0. The molecule has 0 spiro atoms. The van der Waals surface area contributed by atoms with Crippen LogP contribution in [0.2, 0.25) is 0 Å². The van der Waals surface area contributed by atoms with Gasteiger partial charge in [0.2, 0.25) is 0 Å². The molecule has 0 amide bonds. The summed E-state index contributed by atoms with van der Waals surface area (Å²) in [6, 6.07) is 0.847. The van der Waals surface area contributed by atoms with Gasteiger partial charge in [0.15, 0.2) is 0 Å². The Kier molecular flexibility index (Phi) is 2.14. The summed E-state index contributed by atoms with van der Waals surface area (Å²) < 4.78 is 0. The van der Waals surface area contributed by atoms with Gasteiger partial charge in [0.05, 0.1) is 0 Å². The molecule has 3 heteroatoms. The van der Waals surface area contributed by atoms with E-state index in [-0.39, 0.29) is 5.17 Å². The third-order valence-electron chi connectivity index (χ3n) is 2.17. The Morgan fingerprint density at radius 2 is 1.80 bits per heavy atom. The normalized spacial score (nSPS) is 32.8. The minimum atomic E-state index is 0.0532. The molecular formula is C7H13NOS. The fourth-order valence-electron chi connectivity index (χ4n) is 1.57. The van der Waals surface area contributed by atoms with Gasteiger partial charge in [-0.1, -0.05) is 0 Å². The second-order valence-corrected chi connectivity index (χ2v) is 3.33. The maximum absolute atomic E-state index is 9.05. The van der Waals surface area contributed by atoms with Crippen molar-refractivity contribution in [1.82, 2.24) is 4.90 Å². The van der Waals surface area contributed by atoms with Crippen LogP contribution in [0.5, 0.6) is 0 Å². The van der Waals surface area contributed by atoms with E-state index in [0.717, 1.165) is 12.8 Å². The highest BCUT2D eigenvalue weighted by Gasteiger charge is 2.28. The van der Waals surface area contributed by atoms with E-state index in [4.69, 9.17) is 17.3 Å². The molecule has 1 fully saturated rings. The van der Waals surface area contributed by atoms with Crippen molar-refractivity contribution in [3.8, 4) is 0 Å². The van der Waals surface area contributed by atoms with Crippen LogP contribution in [0, 0.1) is 0 Å². The van der Waals surface area contributed by atoms with Crippen LogP contribution < -0.4 is 0 Å². The quantitative estimate of drug-likeness (QED) is 0.544. The largest absolute Gasteiger partial charge is 0.486 e. The maximum atomic E-state index is 9.05. The molecule has 10 heavy (non-hydrogen) atoms. The van der Waals surface area contributed by atoms with Gasteiger partial charge in [-0.3, -0.25) is 0 Å². The first-order valence-corrected chi connectivity index (χ1v) is 4.05. The zero-order chi connectivity index (χ0) is 7.72. The first kappa shape index (κ1) is 7.79. The standard InChI is InChI=1S/C7H13NOS/c1-5-3-4-6(2)8(5)7(9)10/h5-6H,3-4H2,1-2H3,(H,9,10)/t5-,6-/m0/s1. The molecule has 58 valence electrons. The highest BCUT2D eigenvalue weighted by molar-refractivity contribution is 7.79. The minimum Gasteiger partial charge on any atom is -0.486 e. The van der Waals surface area contributed by atoms with Gasteiger partial charge in [-0.25, -0.2) is 0 Å². The van der Waals surface area contributed by atoms with Crippen molar-refractivity contribution < 1.29 is 5.11 Å². The number of aliphatic hydroxyl groups is 1. The lowest BCUT2D eigenvalue weighted by Gasteiger charge is -2.24. The fraction of sp³-hybridized carbons (Fsp3) is 0.857. The molecule has 2 atom stereocenters. The van der Waals surface area contributed by atoms with Crippen LogP contribution in [0.4, 0.5) is 0 Å². The van der Waals surface area contributed by atoms with Gasteiger partial charge in [-0.05, 0) is 38.9 Å². The first-order valence-electron chi connectivity index (χ1n) is 3.64. The second-order valence-electron chi connectivity index (χ2n) is 2.97. The molecule has 0 aromatic rings. The molecule has 1 aliphatic heterocycles. The van der Waals surface area contributed by atoms with E-state index >= 15 is 0 Å². The lowest BCUT2D eigenvalue weighted by molar-refractivity contribution is 0.290. The lowest BCUT2D eigenvalue weighted by Crippen LogP contribution is -2.36. The lowest BCUT2D eigenvalue weighted by atomic mass is 10.2. The van der Waals surface area contributed by atoms with Crippen molar-refractivity contribution in [3.05, 3.63) is 0 Å². The molecule has 2 nitrogen and oxygen atoms in total. The van der Waals surface area contributed by atoms with Crippen molar-refractivity contribution >= 4 is 17.4 Å². The Hall–Kier alpha value is -0.310. The predicted molar refractivity (Wildman–Crippen MR) is 45.2 cm³/mol. The van der Waals surface area contributed by atoms with Crippen LogP contribution in [-0.4, -0.2) is 27.3 Å². The Bertz CT molecular complexity index is 139. The van der Waals surface area contributed by atoms with Gasteiger partial charge in [0.1, 0.15) is 0 Å². The molecule has 0 unspecified atom stereocenters. The van der Waals surface area contributed by atoms with Crippen molar-refractivity contribution in [2.45, 2.75) is 38.8 Å². The van der Waals surface area contributed by atoms with Crippen LogP contribution >= 0.6 is 12.2 Å². The molecule has 0 saturated carbocycles. The highest BCUT2D eigenvalue weighted by atomic mass is 32.1. The Balaban J connectivity index is 2.63. The van der Waals surface area contributed by atoms with Gasteiger partial charge in [0, 0.05) is 12.1 Å². The van der Waals surface area contributed by atoms with Crippen molar-refractivity contribution in [2.75, 3.05) is 0 Å². The maximum Gasteiger partial charge on any atom is 0.257 e. The number of aliphatic hydroxyl groups excluding tert-OH is 1. The monoisotopic (exact) mass is 159 g/mol. The fourth-order valence-corrected chi connectivity index (χ4v) is 1.93. The van der Waals surface area contributed by atoms with E-state index in [2.05, 4.69) is 13.8 Å². The van der Waals surface area contributed by atoms with Crippen molar-refractivity contribution in [2.24, 2.45) is 0 Å². The van der Waals surface area contributed by atoms with Crippen LogP contribution in [0.25, 0.3) is 0 Å². The number of rotatable bonds is 0. The van der Waals surface area contributed by atoms with Gasteiger partial charge in [-0.2, -0.15) is 0 Å². The van der Waals surface area contributed by atoms with E-state index in [1.807, 2.05) is 4.90 Å². The Labute approximate surface area is 66.8 Å². The molecule has 0 aromatic heterocycles. The molecule has 1 heterocycles. The molecule has 1 aliphatic rings. The molecule has 1 saturated heterocycles. The molecule has 0 bridgehead atoms. The molecule has 0 radical (unpaired) electrons. The second kappa shape index (κ2) is 2.74. The summed E-state index contributed by atoms with van der Waals surface area (Å²) >= 11 is 4.69. The summed E-state index contributed by atoms with van der Waals surface area (Å²) in [7, 11) is 0. The summed E-state index contributed by atoms with van der Waals surface area (Å²) in [5, 5.41) is 9.10. The van der Waals surface area contributed by atoms with Crippen molar-refractivity contribution in [1.29, 1.82) is 0 Å². The SMILES string of the molecule is C[C@H]1CC[C@H](C)N1C(O)=S. The zero-order valence-electron chi connectivity index (χ0n) is 6.37. The number of hydrogen-bond donors (Lipinski definition) is 1. The number of nitrogens with zero attached hydrogens (tertiary/aromatic N) is 1. The average Bonchev–Trinajstić information content (AvgIpc) is 2.11. The van der Waals surface area contributed by atoms with E-state index in [9.17, 15) is 0 Å². The first-order chi connectivity index (χ1) is 4.63. The summed E-state index contributed by atoms with van der Waals surface area (Å²) in [5.41, 5.74) is 0. The van der Waals surface area contributed by atoms with Gasteiger partial charge < -0.3 is 10.0 Å². The van der Waals surface area contributed by atoms with Crippen LogP contribution in [0.15, 0.2) is 0 Å². The highest BCUT2D eigenvalue weighted by Crippen LogP contribution is 2.22. The van der Waals surface area contributed by atoms with Crippen LogP contribution in [0.3, 0.4) is 0 Å². The Morgan fingerprint density at radius 3 is 2.00 bits per heavy atom. The van der Waals surface area contributed by atoms with E-state index in [0.29, 0.717) is 12.1 Å². The van der Waals surface area contributed by atoms with Crippen LogP contribution in [0.1, 0.15) is 26.7 Å². The number of thiocarbonyl (C=S) groups is 1. The number of likely N-dealkylation sites (tertiary alicyclic amines) is 1. The molecule has 0 aliphatic carbocycles. The average molecular weight is 159 g/mol. The molecule has 1 rings (SSSR count). The van der Waals surface area contributed by atoms with Crippen LogP contribution in [-0.2, 0) is 0 Å². The van der Waals surface area contributed by atoms with E-state index in [1.54, 1.807) is 0 Å². The van der Waals surface area contributed by atoms with Crippen molar-refractivity contribution in [3.63, 3.8) is 0 Å². The number of hydrogen-bond acceptors (Lipinski definition) is 1. The summed E-state index contributed by atoms with van der Waals surface area (Å²) in [6.07, 6.45) is 2.28. The molecular weight excluding hydrogens is 146 g/mol. The summed E-state index contributed by atoms with van der Waals surface area (Å²) in [6.45, 7) is 4.18. The smallest absolute Gasteiger partial charge is 0.257 e. The Morgan fingerprint density at radius 1 is 1.40 bits per heavy atom. The summed E-state index contributed by atoms with van der Waals surface area (Å²) in [4.78, 5) is 1.90. The topological polar surface area (TPSA) is 23.5 Å². The third-order valence-corrected chi connectivity index (χ3v) is 2.38. The molecule has 1 N–H and O–H groups in total.